The Bertz CT molecular complexity index is 742. The summed E-state index contributed by atoms with van der Waals surface area (Å²) in [5.41, 5.74) is 10.4. The first kappa shape index (κ1) is 12.6. The van der Waals surface area contributed by atoms with Crippen LogP contribution in [0, 0.1) is 6.92 Å². The van der Waals surface area contributed by atoms with Crippen LogP contribution in [0.3, 0.4) is 0 Å². The summed E-state index contributed by atoms with van der Waals surface area (Å²) in [6.45, 7) is 2.59. The zero-order valence-corrected chi connectivity index (χ0v) is 11.8. The molecule has 0 atom stereocenters. The van der Waals surface area contributed by atoms with Gasteiger partial charge in [-0.25, -0.2) is 0 Å². The average molecular weight is 266 g/mol. The number of nitrogen functional groups attached to an aromatic ring is 1. The van der Waals surface area contributed by atoms with Crippen LogP contribution in [0.15, 0.2) is 48.7 Å². The van der Waals surface area contributed by atoms with Gasteiger partial charge in [-0.3, -0.25) is 0 Å². The van der Waals surface area contributed by atoms with E-state index >= 15 is 0 Å². The molecule has 0 aliphatic heterocycles. The van der Waals surface area contributed by atoms with Crippen LogP contribution in [0.1, 0.15) is 11.1 Å². The molecule has 0 saturated heterocycles. The zero-order valence-electron chi connectivity index (χ0n) is 11.8. The molecule has 0 unspecified atom stereocenters. The van der Waals surface area contributed by atoms with Crippen LogP contribution in [-0.4, -0.2) is 4.57 Å². The predicted molar refractivity (Wildman–Crippen MR) is 82.8 cm³/mol. The summed E-state index contributed by atoms with van der Waals surface area (Å²) in [7, 11) is 2.02. The highest BCUT2D eigenvalue weighted by Crippen LogP contribution is 2.27. The molecular weight excluding hydrogens is 248 g/mol. The van der Waals surface area contributed by atoms with Crippen molar-refractivity contribution < 1.29 is 4.74 Å². The fraction of sp³-hybridized carbons (Fsp3) is 0.176. The molecule has 2 N–H and O–H groups in total. The van der Waals surface area contributed by atoms with Crippen molar-refractivity contribution in [2.75, 3.05) is 5.73 Å². The van der Waals surface area contributed by atoms with Crippen molar-refractivity contribution >= 4 is 16.6 Å². The summed E-state index contributed by atoms with van der Waals surface area (Å²) in [5.74, 6) is 0.877. The van der Waals surface area contributed by atoms with Gasteiger partial charge in [-0.1, -0.05) is 23.8 Å². The van der Waals surface area contributed by atoms with Gasteiger partial charge in [0, 0.05) is 29.9 Å². The van der Waals surface area contributed by atoms with Crippen LogP contribution in [0.25, 0.3) is 10.9 Å². The van der Waals surface area contributed by atoms with E-state index in [-0.39, 0.29) is 0 Å². The molecule has 0 spiro atoms. The topological polar surface area (TPSA) is 40.2 Å². The lowest BCUT2D eigenvalue weighted by atomic mass is 10.1. The second kappa shape index (κ2) is 4.93. The summed E-state index contributed by atoms with van der Waals surface area (Å²) < 4.78 is 7.94. The minimum Gasteiger partial charge on any atom is -0.489 e. The van der Waals surface area contributed by atoms with E-state index in [1.165, 1.54) is 5.56 Å². The SMILES string of the molecule is Cc1ccc(OCc2cn(C)c3cccc(N)c23)cc1. The van der Waals surface area contributed by atoms with E-state index in [0.717, 1.165) is 27.9 Å². The van der Waals surface area contributed by atoms with Gasteiger partial charge in [-0.05, 0) is 31.2 Å². The Morgan fingerprint density at radius 2 is 1.85 bits per heavy atom. The Labute approximate surface area is 118 Å². The zero-order chi connectivity index (χ0) is 14.1. The molecule has 0 bridgehead atoms. The first-order valence-electron chi connectivity index (χ1n) is 6.67. The van der Waals surface area contributed by atoms with Gasteiger partial charge in [0.2, 0.25) is 0 Å². The summed E-state index contributed by atoms with van der Waals surface area (Å²) in [4.78, 5) is 0. The summed E-state index contributed by atoms with van der Waals surface area (Å²) >= 11 is 0. The van der Waals surface area contributed by atoms with E-state index in [9.17, 15) is 0 Å². The van der Waals surface area contributed by atoms with Gasteiger partial charge in [0.25, 0.3) is 0 Å². The number of nitrogens with zero attached hydrogens (tertiary/aromatic N) is 1. The molecule has 3 heteroatoms. The number of aryl methyl sites for hydroxylation is 2. The van der Waals surface area contributed by atoms with E-state index in [1.54, 1.807) is 0 Å². The molecule has 0 amide bonds. The number of hydrogen-bond acceptors (Lipinski definition) is 2. The number of benzene rings is 2. The minimum atomic E-state index is 0.522. The number of nitrogens with two attached hydrogens (primary N) is 1. The Balaban J connectivity index is 1.89. The fourth-order valence-corrected chi connectivity index (χ4v) is 2.47. The lowest BCUT2D eigenvalue weighted by molar-refractivity contribution is 0.307. The van der Waals surface area contributed by atoms with E-state index in [1.807, 2.05) is 43.4 Å². The minimum absolute atomic E-state index is 0.522. The molecule has 3 nitrogen and oxygen atoms in total. The van der Waals surface area contributed by atoms with Crippen molar-refractivity contribution in [3.05, 3.63) is 59.8 Å². The van der Waals surface area contributed by atoms with Gasteiger partial charge in [0.1, 0.15) is 12.4 Å². The maximum atomic E-state index is 6.09. The molecule has 3 rings (SSSR count). The molecule has 20 heavy (non-hydrogen) atoms. The first-order valence-corrected chi connectivity index (χ1v) is 6.67. The normalized spacial score (nSPS) is 10.9. The third-order valence-corrected chi connectivity index (χ3v) is 3.54. The summed E-state index contributed by atoms with van der Waals surface area (Å²) in [6.07, 6.45) is 2.08. The predicted octanol–water partition coefficient (Wildman–Crippen LogP) is 3.65. The summed E-state index contributed by atoms with van der Waals surface area (Å²) in [5, 5.41) is 1.09. The monoisotopic (exact) mass is 266 g/mol. The maximum Gasteiger partial charge on any atom is 0.119 e. The number of anilines is 1. The summed E-state index contributed by atoms with van der Waals surface area (Å²) in [6, 6.07) is 14.0. The molecule has 2 aromatic carbocycles. The Morgan fingerprint density at radius 1 is 1.10 bits per heavy atom. The molecule has 0 fully saturated rings. The van der Waals surface area contributed by atoms with Gasteiger partial charge in [0.05, 0.1) is 5.52 Å². The maximum absolute atomic E-state index is 6.09. The van der Waals surface area contributed by atoms with Crippen LogP contribution in [-0.2, 0) is 13.7 Å². The van der Waals surface area contributed by atoms with E-state index < -0.39 is 0 Å². The number of aromatic nitrogens is 1. The van der Waals surface area contributed by atoms with E-state index in [4.69, 9.17) is 10.5 Å². The van der Waals surface area contributed by atoms with Crippen molar-refractivity contribution in [3.8, 4) is 5.75 Å². The highest BCUT2D eigenvalue weighted by atomic mass is 16.5. The number of fused-ring (bicyclic) bond motifs is 1. The fourth-order valence-electron chi connectivity index (χ4n) is 2.47. The van der Waals surface area contributed by atoms with Gasteiger partial charge in [-0.2, -0.15) is 0 Å². The van der Waals surface area contributed by atoms with Gasteiger partial charge in [0.15, 0.2) is 0 Å². The smallest absolute Gasteiger partial charge is 0.119 e. The van der Waals surface area contributed by atoms with Crippen molar-refractivity contribution in [2.24, 2.45) is 7.05 Å². The molecule has 1 aromatic heterocycles. The Hall–Kier alpha value is -2.42. The second-order valence-corrected chi connectivity index (χ2v) is 5.11. The molecule has 1 heterocycles. The quantitative estimate of drug-likeness (QED) is 0.735. The van der Waals surface area contributed by atoms with Crippen LogP contribution >= 0.6 is 0 Å². The third-order valence-electron chi connectivity index (χ3n) is 3.54. The first-order chi connectivity index (χ1) is 9.65. The van der Waals surface area contributed by atoms with Gasteiger partial charge < -0.3 is 15.0 Å². The third kappa shape index (κ3) is 2.23. The number of ether oxygens (including phenoxy) is 1. The van der Waals surface area contributed by atoms with Crippen molar-refractivity contribution in [2.45, 2.75) is 13.5 Å². The largest absolute Gasteiger partial charge is 0.489 e. The highest BCUT2D eigenvalue weighted by Gasteiger charge is 2.09. The second-order valence-electron chi connectivity index (χ2n) is 5.11. The van der Waals surface area contributed by atoms with Crippen LogP contribution in [0.4, 0.5) is 5.69 Å². The lowest BCUT2D eigenvalue weighted by Gasteiger charge is -2.06. The molecule has 0 aliphatic rings. The van der Waals surface area contributed by atoms with Crippen molar-refractivity contribution in [1.82, 2.24) is 4.57 Å². The van der Waals surface area contributed by atoms with Crippen LogP contribution < -0.4 is 10.5 Å². The molecule has 0 radical (unpaired) electrons. The Kier molecular flexibility index (Phi) is 3.11. The van der Waals surface area contributed by atoms with Gasteiger partial charge in [-0.15, -0.1) is 0 Å². The molecule has 3 aromatic rings. The number of hydrogen-bond donors (Lipinski definition) is 1. The number of rotatable bonds is 3. The molecule has 0 saturated carbocycles. The molecular formula is C17H18N2O. The van der Waals surface area contributed by atoms with Crippen LogP contribution in [0.2, 0.25) is 0 Å². The lowest BCUT2D eigenvalue weighted by Crippen LogP contribution is -1.96. The van der Waals surface area contributed by atoms with Crippen molar-refractivity contribution in [3.63, 3.8) is 0 Å². The van der Waals surface area contributed by atoms with E-state index in [2.05, 4.69) is 23.8 Å². The molecule has 102 valence electrons. The Morgan fingerprint density at radius 3 is 2.60 bits per heavy atom. The highest BCUT2D eigenvalue weighted by molar-refractivity contribution is 5.94. The van der Waals surface area contributed by atoms with Crippen molar-refractivity contribution in [1.29, 1.82) is 0 Å². The standard InChI is InChI=1S/C17H18N2O/c1-12-6-8-14(9-7-12)20-11-13-10-19(2)16-5-3-4-15(18)17(13)16/h3-10H,11,18H2,1-2H3. The molecule has 0 aliphatic carbocycles. The average Bonchev–Trinajstić information content (AvgIpc) is 2.77. The van der Waals surface area contributed by atoms with Gasteiger partial charge >= 0.3 is 0 Å². The van der Waals surface area contributed by atoms with E-state index in [0.29, 0.717) is 6.61 Å². The van der Waals surface area contributed by atoms with Crippen LogP contribution in [0.5, 0.6) is 5.75 Å².